The van der Waals surface area contributed by atoms with Gasteiger partial charge < -0.3 is 5.32 Å². The summed E-state index contributed by atoms with van der Waals surface area (Å²) >= 11 is 0. The topological polar surface area (TPSA) is 15.3 Å². The molecule has 2 heteroatoms. The largest absolute Gasteiger partial charge is 0.312 e. The van der Waals surface area contributed by atoms with Crippen molar-refractivity contribution in [3.63, 3.8) is 0 Å². The van der Waals surface area contributed by atoms with Crippen LogP contribution in [0.5, 0.6) is 0 Å². The molecule has 0 aromatic heterocycles. The standard InChI is InChI=1S/C10H20N2/c1-3-12(4-2)10-8-5-6-9(10)11-7-8/h8-11H,3-7H2,1-2H3/t8-,9+,10-/m0/s1. The van der Waals surface area contributed by atoms with E-state index in [-0.39, 0.29) is 0 Å². The van der Waals surface area contributed by atoms with Crippen LogP contribution in [0.2, 0.25) is 0 Å². The number of fused-ring (bicyclic) bond motifs is 2. The highest BCUT2D eigenvalue weighted by atomic mass is 15.2. The Labute approximate surface area is 75.3 Å². The van der Waals surface area contributed by atoms with E-state index >= 15 is 0 Å². The van der Waals surface area contributed by atoms with Crippen LogP contribution in [0.25, 0.3) is 0 Å². The summed E-state index contributed by atoms with van der Waals surface area (Å²) in [4.78, 5) is 2.63. The highest BCUT2D eigenvalue weighted by Crippen LogP contribution is 2.34. The minimum atomic E-state index is 0.815. The van der Waals surface area contributed by atoms with E-state index in [1.54, 1.807) is 0 Å². The quantitative estimate of drug-likeness (QED) is 0.678. The average Bonchev–Trinajstić information content (AvgIpc) is 2.68. The molecular formula is C10H20N2. The van der Waals surface area contributed by atoms with Crippen LogP contribution >= 0.6 is 0 Å². The molecule has 1 saturated carbocycles. The van der Waals surface area contributed by atoms with E-state index in [1.165, 1.54) is 32.5 Å². The molecule has 70 valence electrons. The zero-order chi connectivity index (χ0) is 8.55. The number of hydrogen-bond acceptors (Lipinski definition) is 2. The van der Waals surface area contributed by atoms with Crippen molar-refractivity contribution in [1.29, 1.82) is 0 Å². The minimum Gasteiger partial charge on any atom is -0.312 e. The molecule has 0 aromatic carbocycles. The Hall–Kier alpha value is -0.0800. The Morgan fingerprint density at radius 2 is 2.00 bits per heavy atom. The van der Waals surface area contributed by atoms with Crippen LogP contribution in [-0.4, -0.2) is 36.6 Å². The lowest BCUT2D eigenvalue weighted by Crippen LogP contribution is -2.42. The predicted molar refractivity (Wildman–Crippen MR) is 51.2 cm³/mol. The maximum atomic E-state index is 3.61. The second-order valence-corrected chi connectivity index (χ2v) is 4.06. The van der Waals surface area contributed by atoms with Crippen LogP contribution in [0, 0.1) is 5.92 Å². The first kappa shape index (κ1) is 8.52. The highest BCUT2D eigenvalue weighted by Gasteiger charge is 2.43. The van der Waals surface area contributed by atoms with E-state index in [2.05, 4.69) is 24.1 Å². The van der Waals surface area contributed by atoms with Gasteiger partial charge >= 0.3 is 0 Å². The lowest BCUT2D eigenvalue weighted by Gasteiger charge is -2.29. The maximum Gasteiger partial charge on any atom is 0.0289 e. The van der Waals surface area contributed by atoms with Crippen molar-refractivity contribution in [2.24, 2.45) is 5.92 Å². The molecule has 0 radical (unpaired) electrons. The molecular weight excluding hydrogens is 148 g/mol. The van der Waals surface area contributed by atoms with E-state index in [0.29, 0.717) is 0 Å². The molecule has 3 atom stereocenters. The van der Waals surface area contributed by atoms with Gasteiger partial charge in [0.1, 0.15) is 0 Å². The zero-order valence-corrected chi connectivity index (χ0v) is 8.21. The molecule has 1 saturated heterocycles. The summed E-state index contributed by atoms with van der Waals surface area (Å²) in [7, 11) is 0. The van der Waals surface area contributed by atoms with E-state index in [0.717, 1.165) is 18.0 Å². The van der Waals surface area contributed by atoms with E-state index in [4.69, 9.17) is 0 Å². The molecule has 0 aromatic rings. The van der Waals surface area contributed by atoms with Gasteiger partial charge in [-0.25, -0.2) is 0 Å². The second-order valence-electron chi connectivity index (χ2n) is 4.06. The summed E-state index contributed by atoms with van der Waals surface area (Å²) in [6, 6.07) is 1.68. The zero-order valence-electron chi connectivity index (χ0n) is 8.21. The fraction of sp³-hybridized carbons (Fsp3) is 1.00. The molecule has 2 nitrogen and oxygen atoms in total. The van der Waals surface area contributed by atoms with Gasteiger partial charge in [0.2, 0.25) is 0 Å². The van der Waals surface area contributed by atoms with Gasteiger partial charge in [0, 0.05) is 12.1 Å². The third-order valence-electron chi connectivity index (χ3n) is 3.62. The molecule has 2 aliphatic rings. The summed E-state index contributed by atoms with van der Waals surface area (Å²) in [6.45, 7) is 8.26. The Kier molecular flexibility index (Phi) is 2.37. The van der Waals surface area contributed by atoms with Gasteiger partial charge in [-0.1, -0.05) is 13.8 Å². The Morgan fingerprint density at radius 1 is 1.25 bits per heavy atom. The summed E-state index contributed by atoms with van der Waals surface area (Å²) in [6.07, 6.45) is 2.87. The Balaban J connectivity index is 2.03. The Bertz CT molecular complexity index is 134. The van der Waals surface area contributed by atoms with Crippen LogP contribution in [0.1, 0.15) is 26.7 Å². The fourth-order valence-electron chi connectivity index (χ4n) is 3.01. The molecule has 12 heavy (non-hydrogen) atoms. The number of nitrogens with one attached hydrogen (secondary N) is 1. The SMILES string of the molecule is CCN(CC)[C@H]1[C@H]2CC[C@H]1NC2. The van der Waals surface area contributed by atoms with E-state index in [1.807, 2.05) is 0 Å². The minimum absolute atomic E-state index is 0.815. The van der Waals surface area contributed by atoms with Gasteiger partial charge in [-0.2, -0.15) is 0 Å². The van der Waals surface area contributed by atoms with Crippen molar-refractivity contribution in [3.05, 3.63) is 0 Å². The van der Waals surface area contributed by atoms with Crippen molar-refractivity contribution < 1.29 is 0 Å². The average molecular weight is 168 g/mol. The predicted octanol–water partition coefficient (Wildman–Crippen LogP) is 1.08. The van der Waals surface area contributed by atoms with Crippen LogP contribution in [-0.2, 0) is 0 Å². The fourth-order valence-corrected chi connectivity index (χ4v) is 3.01. The molecule has 2 fully saturated rings. The molecule has 1 heterocycles. The molecule has 0 amide bonds. The molecule has 1 aliphatic heterocycles. The van der Waals surface area contributed by atoms with E-state index in [9.17, 15) is 0 Å². The van der Waals surface area contributed by atoms with Gasteiger partial charge in [-0.3, -0.25) is 4.90 Å². The maximum absolute atomic E-state index is 3.61. The van der Waals surface area contributed by atoms with Crippen molar-refractivity contribution in [2.75, 3.05) is 19.6 Å². The van der Waals surface area contributed by atoms with Gasteiger partial charge in [0.15, 0.2) is 0 Å². The molecule has 0 unspecified atom stereocenters. The first-order chi connectivity index (χ1) is 5.86. The van der Waals surface area contributed by atoms with Crippen molar-refractivity contribution in [2.45, 2.75) is 38.8 Å². The number of hydrogen-bond donors (Lipinski definition) is 1. The summed E-state index contributed by atoms with van der Waals surface area (Å²) in [5, 5.41) is 3.61. The van der Waals surface area contributed by atoms with Gasteiger partial charge in [0.05, 0.1) is 0 Å². The highest BCUT2D eigenvalue weighted by molar-refractivity contribution is 5.02. The van der Waals surface area contributed by atoms with Gasteiger partial charge in [-0.05, 0) is 38.4 Å². The number of rotatable bonds is 3. The van der Waals surface area contributed by atoms with Crippen molar-refractivity contribution in [3.8, 4) is 0 Å². The molecule has 2 bridgehead atoms. The van der Waals surface area contributed by atoms with Gasteiger partial charge in [0.25, 0.3) is 0 Å². The third kappa shape index (κ3) is 1.17. The van der Waals surface area contributed by atoms with Crippen LogP contribution < -0.4 is 5.32 Å². The van der Waals surface area contributed by atoms with Crippen LogP contribution in [0.15, 0.2) is 0 Å². The smallest absolute Gasteiger partial charge is 0.0289 e. The van der Waals surface area contributed by atoms with E-state index < -0.39 is 0 Å². The lowest BCUT2D eigenvalue weighted by atomic mass is 10.1. The molecule has 1 aliphatic carbocycles. The van der Waals surface area contributed by atoms with Crippen LogP contribution in [0.4, 0.5) is 0 Å². The summed E-state index contributed by atoms with van der Waals surface area (Å²) in [5.41, 5.74) is 0. The van der Waals surface area contributed by atoms with Crippen molar-refractivity contribution in [1.82, 2.24) is 10.2 Å². The second kappa shape index (κ2) is 3.35. The number of piperidine rings is 1. The Morgan fingerprint density at radius 3 is 2.33 bits per heavy atom. The molecule has 1 N–H and O–H groups in total. The third-order valence-corrected chi connectivity index (χ3v) is 3.62. The number of likely N-dealkylation sites (N-methyl/N-ethyl adjacent to an activating group) is 1. The van der Waals surface area contributed by atoms with Gasteiger partial charge in [-0.15, -0.1) is 0 Å². The first-order valence-electron chi connectivity index (χ1n) is 5.34. The monoisotopic (exact) mass is 168 g/mol. The lowest BCUT2D eigenvalue weighted by molar-refractivity contribution is 0.192. The summed E-state index contributed by atoms with van der Waals surface area (Å²) < 4.78 is 0. The first-order valence-corrected chi connectivity index (χ1v) is 5.34. The van der Waals surface area contributed by atoms with Crippen molar-refractivity contribution >= 4 is 0 Å². The van der Waals surface area contributed by atoms with Crippen LogP contribution in [0.3, 0.4) is 0 Å². The summed E-state index contributed by atoms with van der Waals surface area (Å²) in [5.74, 6) is 0.954. The molecule has 0 spiro atoms. The normalized spacial score (nSPS) is 39.8. The number of nitrogens with zero attached hydrogens (tertiary/aromatic N) is 1. The molecule has 2 rings (SSSR count).